The number of para-hydroxylation sites is 2. The van der Waals surface area contributed by atoms with Gasteiger partial charge in [-0.05, 0) is 31.0 Å². The first-order chi connectivity index (χ1) is 13.8. The van der Waals surface area contributed by atoms with E-state index in [0.29, 0.717) is 0 Å². The second-order valence-electron chi connectivity index (χ2n) is 7.33. The number of hydrogen-bond acceptors (Lipinski definition) is 3. The van der Waals surface area contributed by atoms with Crippen molar-refractivity contribution in [2.45, 2.75) is 18.9 Å². The fourth-order valence-corrected chi connectivity index (χ4v) is 4.14. The summed E-state index contributed by atoms with van der Waals surface area (Å²) in [7, 11) is 0. The third kappa shape index (κ3) is 2.99. The van der Waals surface area contributed by atoms with E-state index >= 15 is 0 Å². The number of anilines is 1. The molecule has 1 aliphatic heterocycles. The van der Waals surface area contributed by atoms with Crippen molar-refractivity contribution in [3.05, 3.63) is 72.6 Å². The van der Waals surface area contributed by atoms with Crippen molar-refractivity contribution in [2.75, 3.05) is 18.0 Å². The summed E-state index contributed by atoms with van der Waals surface area (Å²) in [5, 5.41) is 5.38. The Balaban J connectivity index is 1.28. The van der Waals surface area contributed by atoms with E-state index in [-0.39, 0.29) is 11.9 Å². The van der Waals surface area contributed by atoms with Gasteiger partial charge in [0, 0.05) is 53.5 Å². The number of carbonyl (C=O) groups is 1. The number of fused-ring (bicyclic) bond motifs is 2. The summed E-state index contributed by atoms with van der Waals surface area (Å²) >= 11 is 0. The van der Waals surface area contributed by atoms with Crippen LogP contribution in [0.25, 0.3) is 21.8 Å². The maximum Gasteiger partial charge on any atom is 0.253 e. The molecule has 5 rings (SSSR count). The van der Waals surface area contributed by atoms with E-state index in [1.165, 1.54) is 11.1 Å². The van der Waals surface area contributed by atoms with Crippen LogP contribution in [-0.2, 0) is 0 Å². The fourth-order valence-electron chi connectivity index (χ4n) is 4.14. The summed E-state index contributed by atoms with van der Waals surface area (Å²) in [5.41, 5.74) is 3.96. The molecule has 0 bridgehead atoms. The van der Waals surface area contributed by atoms with Crippen LogP contribution in [0.3, 0.4) is 0 Å². The summed E-state index contributed by atoms with van der Waals surface area (Å²) in [4.78, 5) is 22.8. The first-order valence-corrected chi connectivity index (χ1v) is 9.75. The molecule has 5 nitrogen and oxygen atoms in total. The maximum absolute atomic E-state index is 12.8. The third-order valence-electron chi connectivity index (χ3n) is 5.63. The summed E-state index contributed by atoms with van der Waals surface area (Å²) in [5.74, 6) is 0.00487. The number of nitrogens with zero attached hydrogens (tertiary/aromatic N) is 2. The van der Waals surface area contributed by atoms with Crippen molar-refractivity contribution in [1.82, 2.24) is 15.3 Å². The quantitative estimate of drug-likeness (QED) is 0.570. The second kappa shape index (κ2) is 7.00. The predicted octanol–water partition coefficient (Wildman–Crippen LogP) is 4.11. The van der Waals surface area contributed by atoms with Crippen LogP contribution in [0.4, 0.5) is 5.69 Å². The summed E-state index contributed by atoms with van der Waals surface area (Å²) < 4.78 is 0. The van der Waals surface area contributed by atoms with Gasteiger partial charge in [0.15, 0.2) is 0 Å². The highest BCUT2D eigenvalue weighted by atomic mass is 16.1. The van der Waals surface area contributed by atoms with Crippen LogP contribution in [0.15, 0.2) is 67.0 Å². The summed E-state index contributed by atoms with van der Waals surface area (Å²) in [6.45, 7) is 1.85. The van der Waals surface area contributed by atoms with Crippen molar-refractivity contribution in [1.29, 1.82) is 0 Å². The monoisotopic (exact) mass is 370 g/mol. The molecule has 2 aromatic heterocycles. The van der Waals surface area contributed by atoms with Crippen LogP contribution in [-0.4, -0.2) is 35.0 Å². The lowest BCUT2D eigenvalue weighted by molar-refractivity contribution is 0.0933. The topological polar surface area (TPSA) is 61.0 Å². The zero-order chi connectivity index (χ0) is 18.9. The number of aromatic nitrogens is 2. The minimum atomic E-state index is 0.00487. The number of benzene rings is 2. The zero-order valence-corrected chi connectivity index (χ0v) is 15.6. The molecule has 0 atom stereocenters. The van der Waals surface area contributed by atoms with Crippen molar-refractivity contribution in [3.63, 3.8) is 0 Å². The van der Waals surface area contributed by atoms with Crippen molar-refractivity contribution in [3.8, 4) is 0 Å². The van der Waals surface area contributed by atoms with Crippen molar-refractivity contribution in [2.24, 2.45) is 0 Å². The molecule has 3 heterocycles. The van der Waals surface area contributed by atoms with E-state index in [0.717, 1.165) is 47.9 Å². The Morgan fingerprint density at radius 2 is 1.75 bits per heavy atom. The highest BCUT2D eigenvalue weighted by Crippen LogP contribution is 2.28. The van der Waals surface area contributed by atoms with Gasteiger partial charge in [-0.15, -0.1) is 0 Å². The number of carbonyl (C=O) groups excluding carboxylic acids is 1. The Morgan fingerprint density at radius 3 is 2.61 bits per heavy atom. The van der Waals surface area contributed by atoms with Gasteiger partial charge >= 0.3 is 0 Å². The van der Waals surface area contributed by atoms with Gasteiger partial charge in [0.25, 0.3) is 5.91 Å². The molecule has 2 N–H and O–H groups in total. The number of aromatic amines is 1. The molecule has 0 saturated carbocycles. The van der Waals surface area contributed by atoms with Crippen LogP contribution in [0.2, 0.25) is 0 Å². The smallest absolute Gasteiger partial charge is 0.253 e. The fraction of sp³-hybridized carbons (Fsp3) is 0.217. The zero-order valence-electron chi connectivity index (χ0n) is 15.6. The van der Waals surface area contributed by atoms with Gasteiger partial charge in [0.2, 0.25) is 0 Å². The van der Waals surface area contributed by atoms with Gasteiger partial charge in [0.05, 0.1) is 11.1 Å². The van der Waals surface area contributed by atoms with Gasteiger partial charge in [-0.1, -0.05) is 36.4 Å². The van der Waals surface area contributed by atoms with Crippen LogP contribution in [0.1, 0.15) is 23.2 Å². The van der Waals surface area contributed by atoms with E-state index in [9.17, 15) is 4.79 Å². The molecule has 1 amide bonds. The molecule has 28 heavy (non-hydrogen) atoms. The molecule has 4 aromatic rings. The van der Waals surface area contributed by atoms with E-state index < -0.39 is 0 Å². The molecule has 1 saturated heterocycles. The first-order valence-electron chi connectivity index (χ1n) is 9.75. The lowest BCUT2D eigenvalue weighted by atomic mass is 10.0. The van der Waals surface area contributed by atoms with Crippen LogP contribution < -0.4 is 10.2 Å². The minimum Gasteiger partial charge on any atom is -0.371 e. The Labute approximate surface area is 163 Å². The van der Waals surface area contributed by atoms with Crippen molar-refractivity contribution >= 4 is 33.4 Å². The first kappa shape index (κ1) is 16.8. The predicted molar refractivity (Wildman–Crippen MR) is 113 cm³/mol. The number of piperidine rings is 1. The minimum absolute atomic E-state index is 0.00487. The molecule has 1 fully saturated rings. The molecule has 0 aliphatic carbocycles. The average molecular weight is 370 g/mol. The Kier molecular flexibility index (Phi) is 4.20. The molecule has 5 heteroatoms. The molecule has 1 aliphatic rings. The summed E-state index contributed by atoms with van der Waals surface area (Å²) in [6, 6.07) is 18.5. The third-order valence-corrected chi connectivity index (χ3v) is 5.63. The van der Waals surface area contributed by atoms with E-state index in [1.807, 2.05) is 42.6 Å². The Bertz CT molecular complexity index is 1140. The van der Waals surface area contributed by atoms with Crippen LogP contribution >= 0.6 is 0 Å². The molecule has 0 unspecified atom stereocenters. The number of amides is 1. The SMILES string of the molecule is O=C(NC1CCN(c2ccnc3ccccc23)CC1)c1c[nH]c2ccccc12. The maximum atomic E-state index is 12.8. The second-order valence-corrected chi connectivity index (χ2v) is 7.33. The largest absolute Gasteiger partial charge is 0.371 e. The number of rotatable bonds is 3. The Hall–Kier alpha value is -3.34. The Morgan fingerprint density at radius 1 is 1.00 bits per heavy atom. The number of nitrogens with one attached hydrogen (secondary N) is 2. The van der Waals surface area contributed by atoms with Gasteiger partial charge in [-0.25, -0.2) is 0 Å². The van der Waals surface area contributed by atoms with Gasteiger partial charge in [0.1, 0.15) is 0 Å². The number of pyridine rings is 1. The lowest BCUT2D eigenvalue weighted by Crippen LogP contribution is -2.44. The van der Waals surface area contributed by atoms with Crippen LogP contribution in [0, 0.1) is 0 Å². The lowest BCUT2D eigenvalue weighted by Gasteiger charge is -2.34. The van der Waals surface area contributed by atoms with Crippen LogP contribution in [0.5, 0.6) is 0 Å². The highest BCUT2D eigenvalue weighted by Gasteiger charge is 2.23. The molecule has 2 aromatic carbocycles. The van der Waals surface area contributed by atoms with E-state index in [4.69, 9.17) is 0 Å². The normalized spacial score (nSPS) is 15.2. The number of hydrogen-bond donors (Lipinski definition) is 2. The average Bonchev–Trinajstić information content (AvgIpc) is 3.18. The molecular weight excluding hydrogens is 348 g/mol. The summed E-state index contributed by atoms with van der Waals surface area (Å²) in [6.07, 6.45) is 5.55. The molecule has 0 spiro atoms. The van der Waals surface area contributed by atoms with E-state index in [2.05, 4.69) is 38.4 Å². The molecule has 140 valence electrons. The van der Waals surface area contributed by atoms with Gasteiger partial charge in [-0.2, -0.15) is 0 Å². The molecule has 0 radical (unpaired) electrons. The van der Waals surface area contributed by atoms with E-state index in [1.54, 1.807) is 6.20 Å². The van der Waals surface area contributed by atoms with Gasteiger partial charge < -0.3 is 15.2 Å². The highest BCUT2D eigenvalue weighted by molar-refractivity contribution is 6.06. The number of H-pyrrole nitrogens is 1. The standard InChI is InChI=1S/C23H22N4O/c28-23(19-15-25-20-7-3-1-5-17(19)20)26-16-10-13-27(14-11-16)22-9-12-24-21-8-4-2-6-18(21)22/h1-9,12,15-16,25H,10-11,13-14H2,(H,26,28). The van der Waals surface area contributed by atoms with Gasteiger partial charge in [-0.3, -0.25) is 9.78 Å². The van der Waals surface area contributed by atoms with Crippen molar-refractivity contribution < 1.29 is 4.79 Å². The molecular formula is C23H22N4O.